The fourth-order valence-corrected chi connectivity index (χ4v) is 2.87. The van der Waals surface area contributed by atoms with E-state index in [-0.39, 0.29) is 11.9 Å². The van der Waals surface area contributed by atoms with Crippen molar-refractivity contribution in [2.75, 3.05) is 6.54 Å². The first-order valence-electron chi connectivity index (χ1n) is 5.78. The third-order valence-electron chi connectivity index (χ3n) is 3.10. The number of piperidine rings is 1. The topological polar surface area (TPSA) is 69.2 Å². The highest BCUT2D eigenvalue weighted by Crippen LogP contribution is 2.32. The lowest BCUT2D eigenvalue weighted by Crippen LogP contribution is -2.43. The number of hydrogen-bond donors (Lipinski definition) is 2. The number of aliphatic hydroxyl groups excluding tert-OH is 1. The molecule has 1 aromatic rings. The van der Waals surface area contributed by atoms with E-state index in [1.165, 1.54) is 6.92 Å². The van der Waals surface area contributed by atoms with Gasteiger partial charge in [0.25, 0.3) is 5.91 Å². The SMILES string of the molecule is C[C@@H](O)C(=O)N1CCCCC1c1[nH]ncc1I. The highest BCUT2D eigenvalue weighted by atomic mass is 127. The maximum absolute atomic E-state index is 12.0. The van der Waals surface area contributed by atoms with Crippen LogP contribution in [0.1, 0.15) is 37.9 Å². The fraction of sp³-hybridized carbons (Fsp3) is 0.636. The molecule has 17 heavy (non-hydrogen) atoms. The van der Waals surface area contributed by atoms with E-state index in [9.17, 15) is 9.90 Å². The minimum absolute atomic E-state index is 0.0280. The minimum atomic E-state index is -0.934. The molecule has 0 aliphatic carbocycles. The number of aliphatic hydroxyl groups is 1. The van der Waals surface area contributed by atoms with Gasteiger partial charge in [0.15, 0.2) is 0 Å². The van der Waals surface area contributed by atoms with Crippen molar-refractivity contribution in [3.8, 4) is 0 Å². The molecule has 6 heteroatoms. The number of likely N-dealkylation sites (tertiary alicyclic amines) is 1. The molecule has 1 aromatic heterocycles. The third kappa shape index (κ3) is 2.62. The minimum Gasteiger partial charge on any atom is -0.384 e. The van der Waals surface area contributed by atoms with Gasteiger partial charge in [-0.25, -0.2) is 0 Å². The van der Waals surface area contributed by atoms with Crippen molar-refractivity contribution in [2.45, 2.75) is 38.3 Å². The third-order valence-corrected chi connectivity index (χ3v) is 3.96. The molecule has 2 rings (SSSR count). The highest BCUT2D eigenvalue weighted by Gasteiger charge is 2.31. The summed E-state index contributed by atoms with van der Waals surface area (Å²) >= 11 is 2.21. The lowest BCUT2D eigenvalue weighted by atomic mass is 9.99. The molecule has 0 aromatic carbocycles. The number of aromatic amines is 1. The summed E-state index contributed by atoms with van der Waals surface area (Å²) in [5.41, 5.74) is 0.985. The van der Waals surface area contributed by atoms with Crippen molar-refractivity contribution in [3.05, 3.63) is 15.5 Å². The van der Waals surface area contributed by atoms with Crippen LogP contribution < -0.4 is 0 Å². The molecular weight excluding hydrogens is 333 g/mol. The number of halogens is 1. The lowest BCUT2D eigenvalue weighted by Gasteiger charge is -2.36. The Labute approximate surface area is 114 Å². The number of hydrogen-bond acceptors (Lipinski definition) is 3. The molecule has 1 amide bonds. The molecule has 1 aliphatic rings. The van der Waals surface area contributed by atoms with Crippen LogP contribution in [-0.4, -0.2) is 38.8 Å². The normalized spacial score (nSPS) is 22.5. The fourth-order valence-electron chi connectivity index (χ4n) is 2.25. The van der Waals surface area contributed by atoms with Crippen LogP contribution in [0.25, 0.3) is 0 Å². The zero-order valence-corrected chi connectivity index (χ0v) is 11.8. The predicted molar refractivity (Wildman–Crippen MR) is 71.3 cm³/mol. The molecule has 0 spiro atoms. The van der Waals surface area contributed by atoms with E-state index in [2.05, 4.69) is 32.8 Å². The Morgan fingerprint density at radius 2 is 2.47 bits per heavy atom. The predicted octanol–water partition coefficient (Wildman–Crippen LogP) is 1.45. The summed E-state index contributed by atoms with van der Waals surface area (Å²) in [6, 6.07) is 0.0280. The molecule has 0 radical (unpaired) electrons. The molecule has 0 saturated carbocycles. The second-order valence-corrected chi connectivity index (χ2v) is 5.51. The van der Waals surface area contributed by atoms with Crippen LogP contribution in [0, 0.1) is 3.57 Å². The summed E-state index contributed by atoms with van der Waals surface area (Å²) < 4.78 is 1.04. The maximum atomic E-state index is 12.0. The van der Waals surface area contributed by atoms with E-state index in [0.717, 1.165) is 28.5 Å². The van der Waals surface area contributed by atoms with Crippen LogP contribution >= 0.6 is 22.6 Å². The molecule has 5 nitrogen and oxygen atoms in total. The smallest absolute Gasteiger partial charge is 0.251 e. The van der Waals surface area contributed by atoms with Crippen LogP contribution in [0.5, 0.6) is 0 Å². The van der Waals surface area contributed by atoms with Gasteiger partial charge in [-0.15, -0.1) is 0 Å². The van der Waals surface area contributed by atoms with E-state index in [1.54, 1.807) is 11.1 Å². The van der Waals surface area contributed by atoms with E-state index >= 15 is 0 Å². The average molecular weight is 349 g/mol. The van der Waals surface area contributed by atoms with Gasteiger partial charge in [0.2, 0.25) is 0 Å². The Bertz CT molecular complexity index is 405. The summed E-state index contributed by atoms with van der Waals surface area (Å²) in [5, 5.41) is 16.4. The number of nitrogens with zero attached hydrogens (tertiary/aromatic N) is 2. The Hall–Kier alpha value is -0.630. The van der Waals surface area contributed by atoms with Gasteiger partial charge in [-0.2, -0.15) is 5.10 Å². The Balaban J connectivity index is 2.24. The molecule has 0 bridgehead atoms. The van der Waals surface area contributed by atoms with Crippen LogP contribution in [0.15, 0.2) is 6.20 Å². The van der Waals surface area contributed by atoms with Crippen LogP contribution in [-0.2, 0) is 4.79 Å². The first-order valence-corrected chi connectivity index (χ1v) is 6.86. The molecule has 2 N–H and O–H groups in total. The van der Waals surface area contributed by atoms with Crippen molar-refractivity contribution < 1.29 is 9.90 Å². The summed E-state index contributed by atoms with van der Waals surface area (Å²) in [4.78, 5) is 13.7. The monoisotopic (exact) mass is 349 g/mol. The summed E-state index contributed by atoms with van der Waals surface area (Å²) in [6.45, 7) is 2.23. The first kappa shape index (κ1) is 12.8. The molecule has 1 fully saturated rings. The molecule has 2 heterocycles. The quantitative estimate of drug-likeness (QED) is 0.794. The van der Waals surface area contributed by atoms with Gasteiger partial charge < -0.3 is 10.0 Å². The second-order valence-electron chi connectivity index (χ2n) is 4.35. The van der Waals surface area contributed by atoms with Crippen molar-refractivity contribution in [1.29, 1.82) is 0 Å². The average Bonchev–Trinajstić information content (AvgIpc) is 2.74. The van der Waals surface area contributed by atoms with Gasteiger partial charge in [-0.05, 0) is 48.8 Å². The Kier molecular flexibility index (Phi) is 4.03. The van der Waals surface area contributed by atoms with Crippen molar-refractivity contribution in [3.63, 3.8) is 0 Å². The van der Waals surface area contributed by atoms with Gasteiger partial charge in [-0.3, -0.25) is 9.89 Å². The van der Waals surface area contributed by atoms with E-state index in [1.807, 2.05) is 0 Å². The number of carbonyl (C=O) groups excluding carboxylic acids is 1. The van der Waals surface area contributed by atoms with Gasteiger partial charge in [0, 0.05) is 6.54 Å². The number of aromatic nitrogens is 2. The largest absolute Gasteiger partial charge is 0.384 e. The number of rotatable bonds is 2. The zero-order valence-electron chi connectivity index (χ0n) is 9.69. The summed E-state index contributed by atoms with van der Waals surface area (Å²) in [5.74, 6) is -0.194. The summed E-state index contributed by atoms with van der Waals surface area (Å²) in [6.07, 6.45) is 3.85. The molecule has 1 saturated heterocycles. The van der Waals surface area contributed by atoms with Gasteiger partial charge in [-0.1, -0.05) is 0 Å². The number of nitrogens with one attached hydrogen (secondary N) is 1. The van der Waals surface area contributed by atoms with Crippen molar-refractivity contribution >= 4 is 28.5 Å². The number of amides is 1. The van der Waals surface area contributed by atoms with E-state index < -0.39 is 6.10 Å². The standard InChI is InChI=1S/C11H16IN3O2/c1-7(16)11(17)15-5-3-2-4-9(15)10-8(12)6-13-14-10/h6-7,9,16H,2-5H2,1H3,(H,13,14)/t7-,9?/m1/s1. The first-order chi connectivity index (χ1) is 8.11. The van der Waals surface area contributed by atoms with E-state index in [4.69, 9.17) is 0 Å². The molecule has 94 valence electrons. The van der Waals surface area contributed by atoms with Crippen LogP contribution in [0.4, 0.5) is 0 Å². The number of H-pyrrole nitrogens is 1. The van der Waals surface area contributed by atoms with E-state index in [0.29, 0.717) is 6.54 Å². The molecule has 1 unspecified atom stereocenters. The Morgan fingerprint density at radius 3 is 3.06 bits per heavy atom. The van der Waals surface area contributed by atoms with Gasteiger partial charge in [0.05, 0.1) is 21.5 Å². The van der Waals surface area contributed by atoms with Gasteiger partial charge >= 0.3 is 0 Å². The van der Waals surface area contributed by atoms with Gasteiger partial charge in [0.1, 0.15) is 6.10 Å². The van der Waals surface area contributed by atoms with Crippen molar-refractivity contribution in [2.24, 2.45) is 0 Å². The molecule has 2 atom stereocenters. The van der Waals surface area contributed by atoms with Crippen molar-refractivity contribution in [1.82, 2.24) is 15.1 Å². The second kappa shape index (κ2) is 5.34. The van der Waals surface area contributed by atoms with Crippen LogP contribution in [0.2, 0.25) is 0 Å². The summed E-state index contributed by atoms with van der Waals surface area (Å²) in [7, 11) is 0. The lowest BCUT2D eigenvalue weighted by molar-refractivity contribution is -0.143. The van der Waals surface area contributed by atoms with Crippen LogP contribution in [0.3, 0.4) is 0 Å². The highest BCUT2D eigenvalue weighted by molar-refractivity contribution is 14.1. The Morgan fingerprint density at radius 1 is 1.71 bits per heavy atom. The molecular formula is C11H16IN3O2. The zero-order chi connectivity index (χ0) is 12.4. The molecule has 1 aliphatic heterocycles. The number of carbonyl (C=O) groups is 1. The maximum Gasteiger partial charge on any atom is 0.251 e.